The van der Waals surface area contributed by atoms with Crippen LogP contribution in [0, 0.1) is 0 Å². The Kier molecular flexibility index (Phi) is 9.80. The fourth-order valence-corrected chi connectivity index (χ4v) is 4.97. The number of anilines is 2. The van der Waals surface area contributed by atoms with Crippen LogP contribution < -0.4 is 10.2 Å². The van der Waals surface area contributed by atoms with E-state index in [0.29, 0.717) is 53.9 Å². The van der Waals surface area contributed by atoms with E-state index in [1.165, 1.54) is 12.0 Å². The molecule has 12 heteroatoms. The van der Waals surface area contributed by atoms with Gasteiger partial charge in [0.15, 0.2) is 5.11 Å². The zero-order chi connectivity index (χ0) is 28.6. The lowest BCUT2D eigenvalue weighted by molar-refractivity contribution is -0.124. The zero-order valence-electron chi connectivity index (χ0n) is 22.5. The Morgan fingerprint density at radius 1 is 0.975 bits per heavy atom. The van der Waals surface area contributed by atoms with Gasteiger partial charge < -0.3 is 24.4 Å². The van der Waals surface area contributed by atoms with Crippen molar-refractivity contribution >= 4 is 52.5 Å². The molecule has 2 aromatic carbocycles. The first-order chi connectivity index (χ1) is 19.3. The summed E-state index contributed by atoms with van der Waals surface area (Å²) in [5.41, 5.74) is 1.70. The molecule has 2 aromatic rings. The van der Waals surface area contributed by atoms with Crippen molar-refractivity contribution in [3.8, 4) is 0 Å². The third-order valence-electron chi connectivity index (χ3n) is 6.68. The molecule has 2 amide bonds. The van der Waals surface area contributed by atoms with Gasteiger partial charge in [-0.15, -0.1) is 0 Å². The van der Waals surface area contributed by atoms with E-state index >= 15 is 0 Å². The molecule has 0 unspecified atom stereocenters. The van der Waals surface area contributed by atoms with Crippen LogP contribution in [0.1, 0.15) is 34.1 Å². The average molecular weight is 569 g/mol. The van der Waals surface area contributed by atoms with Crippen LogP contribution in [0.2, 0.25) is 0 Å². The van der Waals surface area contributed by atoms with E-state index in [1.54, 1.807) is 60.4 Å². The number of thiocarbonyl (C=S) groups is 1. The van der Waals surface area contributed by atoms with E-state index in [4.69, 9.17) is 26.4 Å². The highest BCUT2D eigenvalue weighted by Gasteiger charge is 2.44. The second kappa shape index (κ2) is 13.5. The summed E-state index contributed by atoms with van der Waals surface area (Å²) in [7, 11) is 1.30. The van der Waals surface area contributed by atoms with Gasteiger partial charge in [0.2, 0.25) is 5.91 Å². The summed E-state index contributed by atoms with van der Waals surface area (Å²) in [6, 6.07) is 11.9. The second-order valence-corrected chi connectivity index (χ2v) is 9.57. The lowest BCUT2D eigenvalue weighted by atomic mass is 10.1. The summed E-state index contributed by atoms with van der Waals surface area (Å²) in [5, 5.41) is 3.08. The molecule has 0 spiro atoms. The van der Waals surface area contributed by atoms with Crippen molar-refractivity contribution < 1.29 is 33.4 Å². The van der Waals surface area contributed by atoms with E-state index < -0.39 is 18.0 Å². The van der Waals surface area contributed by atoms with E-state index in [0.717, 1.165) is 13.1 Å². The number of hydrogen-bond acceptors (Lipinski definition) is 9. The van der Waals surface area contributed by atoms with Crippen LogP contribution in [-0.2, 0) is 23.8 Å². The van der Waals surface area contributed by atoms with Crippen LogP contribution in [0.3, 0.4) is 0 Å². The molecule has 0 aliphatic carbocycles. The second-order valence-electron chi connectivity index (χ2n) is 9.21. The van der Waals surface area contributed by atoms with E-state index in [2.05, 4.69) is 10.2 Å². The molecule has 11 nitrogen and oxygen atoms in total. The van der Waals surface area contributed by atoms with Gasteiger partial charge in [-0.1, -0.05) is 0 Å². The van der Waals surface area contributed by atoms with Crippen LogP contribution in [0.25, 0.3) is 0 Å². The third-order valence-corrected chi connectivity index (χ3v) is 7.10. The SMILES string of the molecule is CCOC(=O)c1ccc(N2C(=O)[C@@H](CC(=O)Nc3ccc(C(=O)OC)cc3)N(CCN3CCOCC3)C2=S)cc1. The molecule has 2 heterocycles. The molecule has 0 radical (unpaired) electrons. The van der Waals surface area contributed by atoms with Gasteiger partial charge in [0.1, 0.15) is 6.04 Å². The van der Waals surface area contributed by atoms with Crippen molar-refractivity contribution in [2.45, 2.75) is 19.4 Å². The summed E-state index contributed by atoms with van der Waals surface area (Å²) in [6.45, 7) is 5.93. The molecule has 0 saturated carbocycles. The van der Waals surface area contributed by atoms with Gasteiger partial charge in [-0.3, -0.25) is 19.4 Å². The summed E-state index contributed by atoms with van der Waals surface area (Å²) in [5.74, 6) is -1.63. The minimum atomic E-state index is -0.812. The Bertz CT molecular complexity index is 1250. The van der Waals surface area contributed by atoms with Crippen molar-refractivity contribution in [3.63, 3.8) is 0 Å². The predicted molar refractivity (Wildman–Crippen MR) is 151 cm³/mol. The normalized spacial score (nSPS) is 17.6. The smallest absolute Gasteiger partial charge is 0.338 e. The zero-order valence-corrected chi connectivity index (χ0v) is 23.3. The fourth-order valence-electron chi connectivity index (χ4n) is 4.56. The van der Waals surface area contributed by atoms with E-state index in [-0.39, 0.29) is 24.8 Å². The minimum absolute atomic E-state index is 0.127. The Balaban J connectivity index is 1.50. The number of hydrogen-bond donors (Lipinski definition) is 1. The van der Waals surface area contributed by atoms with Crippen molar-refractivity contribution in [3.05, 3.63) is 59.7 Å². The Morgan fingerprint density at radius 3 is 2.23 bits per heavy atom. The van der Waals surface area contributed by atoms with Gasteiger partial charge >= 0.3 is 11.9 Å². The van der Waals surface area contributed by atoms with Crippen LogP contribution in [0.4, 0.5) is 11.4 Å². The van der Waals surface area contributed by atoms with Gasteiger partial charge in [0.25, 0.3) is 5.91 Å². The van der Waals surface area contributed by atoms with Gasteiger partial charge in [-0.2, -0.15) is 0 Å². The molecule has 1 N–H and O–H groups in total. The molecule has 4 rings (SSSR count). The largest absolute Gasteiger partial charge is 0.465 e. The van der Waals surface area contributed by atoms with Crippen molar-refractivity contribution in [1.82, 2.24) is 9.80 Å². The Hall–Kier alpha value is -3.87. The standard InChI is InChI=1S/C28H32N4O7S/c1-3-39-27(36)20-6-10-22(11-7-20)32-25(34)23(31(28(32)40)13-12-30-14-16-38-17-15-30)18-24(33)29-21-8-4-19(5-9-21)26(35)37-2/h4-11,23H,3,12-18H2,1-2H3,(H,29,33)/t23-/m1/s1. The molecule has 0 bridgehead atoms. The van der Waals surface area contributed by atoms with Gasteiger partial charge in [0, 0.05) is 31.9 Å². The van der Waals surface area contributed by atoms with Gasteiger partial charge in [-0.25, -0.2) is 9.59 Å². The molecule has 2 fully saturated rings. The maximum atomic E-state index is 13.7. The van der Waals surface area contributed by atoms with Gasteiger partial charge in [0.05, 0.1) is 50.2 Å². The maximum absolute atomic E-state index is 13.7. The van der Waals surface area contributed by atoms with Crippen molar-refractivity contribution in [1.29, 1.82) is 0 Å². The first-order valence-corrected chi connectivity index (χ1v) is 13.4. The topological polar surface area (TPSA) is 118 Å². The minimum Gasteiger partial charge on any atom is -0.465 e. The van der Waals surface area contributed by atoms with Gasteiger partial charge in [-0.05, 0) is 67.7 Å². The lowest BCUT2D eigenvalue weighted by Crippen LogP contribution is -2.45. The van der Waals surface area contributed by atoms with E-state index in [9.17, 15) is 19.2 Å². The monoisotopic (exact) mass is 568 g/mol. The molecule has 2 saturated heterocycles. The number of ether oxygens (including phenoxy) is 3. The van der Waals surface area contributed by atoms with Crippen LogP contribution >= 0.6 is 12.2 Å². The van der Waals surface area contributed by atoms with Crippen LogP contribution in [0.5, 0.6) is 0 Å². The third kappa shape index (κ3) is 6.82. The number of carbonyl (C=O) groups is 4. The quantitative estimate of drug-likeness (QED) is 0.338. The molecule has 40 heavy (non-hydrogen) atoms. The highest BCUT2D eigenvalue weighted by Crippen LogP contribution is 2.28. The molecule has 2 aliphatic heterocycles. The lowest BCUT2D eigenvalue weighted by Gasteiger charge is -2.30. The number of nitrogens with one attached hydrogen (secondary N) is 1. The number of benzene rings is 2. The van der Waals surface area contributed by atoms with Crippen LogP contribution in [-0.4, -0.2) is 97.8 Å². The maximum Gasteiger partial charge on any atom is 0.338 e. The Labute approximate surface area is 237 Å². The number of amides is 2. The van der Waals surface area contributed by atoms with Crippen molar-refractivity contribution in [2.75, 3.05) is 63.3 Å². The summed E-state index contributed by atoms with van der Waals surface area (Å²) in [6.07, 6.45) is -0.127. The molecular formula is C28H32N4O7S. The highest BCUT2D eigenvalue weighted by molar-refractivity contribution is 7.80. The Morgan fingerprint density at radius 2 is 1.60 bits per heavy atom. The summed E-state index contributed by atoms with van der Waals surface area (Å²) < 4.78 is 15.2. The first kappa shape index (κ1) is 29.1. The molecule has 1 atom stereocenters. The summed E-state index contributed by atoms with van der Waals surface area (Å²) in [4.78, 5) is 55.9. The number of methoxy groups -OCH3 is 1. The molecular weight excluding hydrogens is 536 g/mol. The van der Waals surface area contributed by atoms with Crippen molar-refractivity contribution in [2.24, 2.45) is 0 Å². The molecule has 212 valence electrons. The molecule has 2 aliphatic rings. The number of esters is 2. The average Bonchev–Trinajstić information content (AvgIpc) is 3.20. The fraction of sp³-hybridized carbons (Fsp3) is 0.393. The van der Waals surface area contributed by atoms with E-state index in [1.807, 2.05) is 0 Å². The number of nitrogens with zero attached hydrogens (tertiary/aromatic N) is 3. The number of rotatable bonds is 10. The first-order valence-electron chi connectivity index (χ1n) is 13.0. The predicted octanol–water partition coefficient (Wildman–Crippen LogP) is 2.31. The number of morpholine rings is 1. The summed E-state index contributed by atoms with van der Waals surface area (Å²) >= 11 is 5.74. The number of carbonyl (C=O) groups excluding carboxylic acids is 4. The van der Waals surface area contributed by atoms with Crippen LogP contribution in [0.15, 0.2) is 48.5 Å². The highest BCUT2D eigenvalue weighted by atomic mass is 32.1. The molecule has 0 aromatic heterocycles.